The molecule has 2 rings (SSSR count). The van der Waals surface area contributed by atoms with E-state index in [0.29, 0.717) is 5.75 Å². The van der Waals surface area contributed by atoms with E-state index in [1.807, 2.05) is 0 Å². The molecule has 128 valence electrons. The molecule has 0 saturated heterocycles. The normalized spacial score (nSPS) is 11.4. The molecule has 0 bridgehead atoms. The van der Waals surface area contributed by atoms with Gasteiger partial charge in [0.1, 0.15) is 11.6 Å². The van der Waals surface area contributed by atoms with Crippen LogP contribution in [-0.2, 0) is 10.0 Å². The van der Waals surface area contributed by atoms with E-state index in [9.17, 15) is 17.6 Å². The number of ether oxygens (including phenoxy) is 1. The molecule has 1 N–H and O–H groups in total. The lowest BCUT2D eigenvalue weighted by molar-refractivity contribution is 0.102. The van der Waals surface area contributed by atoms with Crippen molar-refractivity contribution >= 4 is 21.6 Å². The number of halogens is 1. The third-order valence-electron chi connectivity index (χ3n) is 3.30. The fraction of sp³-hybridized carbons (Fsp3) is 0.188. The van der Waals surface area contributed by atoms with Crippen LogP contribution in [0.25, 0.3) is 0 Å². The van der Waals surface area contributed by atoms with Gasteiger partial charge >= 0.3 is 0 Å². The van der Waals surface area contributed by atoms with Gasteiger partial charge in [-0.15, -0.1) is 0 Å². The maximum absolute atomic E-state index is 12.9. The zero-order chi connectivity index (χ0) is 17.9. The van der Waals surface area contributed by atoms with Gasteiger partial charge in [0.2, 0.25) is 10.0 Å². The number of nitrogens with zero attached hydrogens (tertiary/aromatic N) is 1. The summed E-state index contributed by atoms with van der Waals surface area (Å²) in [5.41, 5.74) is 0.439. The Morgan fingerprint density at radius 1 is 1.12 bits per heavy atom. The van der Waals surface area contributed by atoms with Crippen LogP contribution < -0.4 is 10.1 Å². The highest BCUT2D eigenvalue weighted by Gasteiger charge is 2.20. The Labute approximate surface area is 139 Å². The Balaban J connectivity index is 2.38. The largest absolute Gasteiger partial charge is 0.495 e. The Hall–Kier alpha value is -2.45. The number of amides is 1. The maximum Gasteiger partial charge on any atom is 0.255 e. The zero-order valence-electron chi connectivity index (χ0n) is 13.4. The molecule has 0 aliphatic heterocycles. The predicted molar refractivity (Wildman–Crippen MR) is 88.2 cm³/mol. The van der Waals surface area contributed by atoms with E-state index in [0.717, 1.165) is 4.31 Å². The summed E-state index contributed by atoms with van der Waals surface area (Å²) in [6.45, 7) is 0. The number of hydrogen-bond donors (Lipinski definition) is 1. The van der Waals surface area contributed by atoms with E-state index in [1.54, 1.807) is 0 Å². The van der Waals surface area contributed by atoms with Crippen LogP contribution in [0.4, 0.5) is 10.1 Å². The molecule has 0 fully saturated rings. The van der Waals surface area contributed by atoms with Gasteiger partial charge in [-0.3, -0.25) is 4.79 Å². The molecular weight excluding hydrogens is 335 g/mol. The quantitative estimate of drug-likeness (QED) is 0.896. The van der Waals surface area contributed by atoms with Crippen LogP contribution in [-0.4, -0.2) is 39.8 Å². The summed E-state index contributed by atoms with van der Waals surface area (Å²) in [4.78, 5) is 12.3. The number of carbonyl (C=O) groups is 1. The molecule has 0 heterocycles. The second kappa shape index (κ2) is 6.98. The lowest BCUT2D eigenvalue weighted by Crippen LogP contribution is -2.22. The summed E-state index contributed by atoms with van der Waals surface area (Å²) < 4.78 is 43.6. The standard InChI is InChI=1S/C16H17FN2O4S/c1-19(2)24(21,22)13-8-9-15(23-3)14(10-13)18-16(20)11-4-6-12(17)7-5-11/h4-10H,1-3H3,(H,18,20). The molecule has 1 amide bonds. The molecule has 0 radical (unpaired) electrons. The maximum atomic E-state index is 12.9. The van der Waals surface area contributed by atoms with Gasteiger partial charge in [-0.05, 0) is 42.5 Å². The molecule has 0 saturated carbocycles. The molecule has 0 aromatic heterocycles. The number of methoxy groups -OCH3 is 1. The highest BCUT2D eigenvalue weighted by atomic mass is 32.2. The minimum absolute atomic E-state index is 0.0164. The third-order valence-corrected chi connectivity index (χ3v) is 5.12. The average molecular weight is 352 g/mol. The predicted octanol–water partition coefficient (Wildman–Crippen LogP) is 2.34. The van der Waals surface area contributed by atoms with Crippen molar-refractivity contribution in [3.8, 4) is 5.75 Å². The molecular formula is C16H17FN2O4S. The fourth-order valence-electron chi connectivity index (χ4n) is 1.95. The van der Waals surface area contributed by atoms with Crippen molar-refractivity contribution in [1.82, 2.24) is 4.31 Å². The van der Waals surface area contributed by atoms with Crippen molar-refractivity contribution in [2.45, 2.75) is 4.90 Å². The molecule has 6 nitrogen and oxygen atoms in total. The lowest BCUT2D eigenvalue weighted by atomic mass is 10.2. The van der Waals surface area contributed by atoms with Crippen molar-refractivity contribution in [2.75, 3.05) is 26.5 Å². The van der Waals surface area contributed by atoms with Gasteiger partial charge in [-0.25, -0.2) is 17.1 Å². The Morgan fingerprint density at radius 2 is 1.75 bits per heavy atom. The van der Waals surface area contributed by atoms with Crippen LogP contribution in [0.1, 0.15) is 10.4 Å². The van der Waals surface area contributed by atoms with E-state index < -0.39 is 21.7 Å². The van der Waals surface area contributed by atoms with Gasteiger partial charge in [-0.2, -0.15) is 0 Å². The Bertz CT molecular complexity index is 849. The number of hydrogen-bond acceptors (Lipinski definition) is 4. The fourth-order valence-corrected chi connectivity index (χ4v) is 2.88. The Morgan fingerprint density at radius 3 is 2.29 bits per heavy atom. The molecule has 2 aromatic carbocycles. The summed E-state index contributed by atoms with van der Waals surface area (Å²) in [7, 11) is 0.578. The highest BCUT2D eigenvalue weighted by Crippen LogP contribution is 2.28. The van der Waals surface area contributed by atoms with E-state index in [4.69, 9.17) is 4.74 Å². The van der Waals surface area contributed by atoms with Crippen LogP contribution in [0.3, 0.4) is 0 Å². The molecule has 0 aliphatic rings. The van der Waals surface area contributed by atoms with Crippen molar-refractivity contribution < 1.29 is 22.3 Å². The van der Waals surface area contributed by atoms with Gasteiger partial charge in [0.25, 0.3) is 5.91 Å². The summed E-state index contributed by atoms with van der Waals surface area (Å²) in [6.07, 6.45) is 0. The summed E-state index contributed by atoms with van der Waals surface area (Å²) in [5.74, 6) is -0.654. The van der Waals surface area contributed by atoms with E-state index in [-0.39, 0.29) is 16.1 Å². The second-order valence-electron chi connectivity index (χ2n) is 5.11. The van der Waals surface area contributed by atoms with E-state index in [1.165, 1.54) is 63.7 Å². The van der Waals surface area contributed by atoms with Crippen LogP contribution in [0, 0.1) is 5.82 Å². The van der Waals surface area contributed by atoms with Gasteiger partial charge in [-0.1, -0.05) is 0 Å². The molecule has 0 atom stereocenters. The zero-order valence-corrected chi connectivity index (χ0v) is 14.2. The summed E-state index contributed by atoms with van der Waals surface area (Å²) in [5, 5.41) is 2.58. The SMILES string of the molecule is COc1ccc(S(=O)(=O)N(C)C)cc1NC(=O)c1ccc(F)cc1. The van der Waals surface area contributed by atoms with E-state index in [2.05, 4.69) is 5.32 Å². The number of anilines is 1. The number of rotatable bonds is 5. The van der Waals surface area contributed by atoms with Gasteiger partial charge in [0.15, 0.2) is 0 Å². The molecule has 24 heavy (non-hydrogen) atoms. The average Bonchev–Trinajstić information content (AvgIpc) is 2.55. The van der Waals surface area contributed by atoms with Crippen molar-refractivity contribution in [1.29, 1.82) is 0 Å². The number of nitrogens with one attached hydrogen (secondary N) is 1. The summed E-state index contributed by atoms with van der Waals surface area (Å²) in [6, 6.07) is 9.15. The highest BCUT2D eigenvalue weighted by molar-refractivity contribution is 7.89. The third kappa shape index (κ3) is 3.72. The van der Waals surface area contributed by atoms with Crippen LogP contribution in [0.2, 0.25) is 0 Å². The smallest absolute Gasteiger partial charge is 0.255 e. The Kier molecular flexibility index (Phi) is 5.20. The van der Waals surface area contributed by atoms with Crippen LogP contribution in [0.15, 0.2) is 47.4 Å². The number of sulfonamides is 1. The molecule has 0 unspecified atom stereocenters. The topological polar surface area (TPSA) is 75.7 Å². The monoisotopic (exact) mass is 352 g/mol. The van der Waals surface area contributed by atoms with Gasteiger partial charge in [0.05, 0.1) is 17.7 Å². The van der Waals surface area contributed by atoms with Crippen LogP contribution >= 0.6 is 0 Å². The number of benzene rings is 2. The lowest BCUT2D eigenvalue weighted by Gasteiger charge is -2.15. The van der Waals surface area contributed by atoms with Gasteiger partial charge in [0, 0.05) is 19.7 Å². The first-order chi connectivity index (χ1) is 11.3. The number of carbonyl (C=O) groups excluding carboxylic acids is 1. The molecule has 2 aromatic rings. The van der Waals surface area contributed by atoms with Gasteiger partial charge < -0.3 is 10.1 Å². The van der Waals surface area contributed by atoms with E-state index >= 15 is 0 Å². The van der Waals surface area contributed by atoms with Crippen molar-refractivity contribution in [3.05, 3.63) is 53.8 Å². The molecule has 0 aliphatic carbocycles. The minimum Gasteiger partial charge on any atom is -0.495 e. The minimum atomic E-state index is -3.65. The van der Waals surface area contributed by atoms with Crippen molar-refractivity contribution in [2.24, 2.45) is 0 Å². The van der Waals surface area contributed by atoms with Crippen LogP contribution in [0.5, 0.6) is 5.75 Å². The molecule has 8 heteroatoms. The first kappa shape index (κ1) is 17.9. The van der Waals surface area contributed by atoms with Crippen molar-refractivity contribution in [3.63, 3.8) is 0 Å². The molecule has 0 spiro atoms. The second-order valence-corrected chi connectivity index (χ2v) is 7.26. The first-order valence-electron chi connectivity index (χ1n) is 6.93. The summed E-state index contributed by atoms with van der Waals surface area (Å²) >= 11 is 0. The first-order valence-corrected chi connectivity index (χ1v) is 8.37.